The second-order valence-corrected chi connectivity index (χ2v) is 9.71. The van der Waals surface area contributed by atoms with Crippen LogP contribution in [-0.2, 0) is 4.57 Å². The number of ketones is 1. The van der Waals surface area contributed by atoms with Crippen LogP contribution in [0.2, 0.25) is 25.1 Å². The van der Waals surface area contributed by atoms with Gasteiger partial charge in [-0.05, 0) is 12.1 Å². The Morgan fingerprint density at radius 1 is 0.774 bits per heavy atom. The first-order valence-corrected chi connectivity index (χ1v) is 11.9. The van der Waals surface area contributed by atoms with Crippen molar-refractivity contribution in [2.24, 2.45) is 0 Å². The largest absolute Gasteiger partial charge is 0.496 e. The second kappa shape index (κ2) is 9.95. The van der Waals surface area contributed by atoms with E-state index < -0.39 is 19.1 Å². The number of hydrogen-bond acceptors (Lipinski definition) is 4. The topological polar surface area (TPSA) is 60.4 Å². The normalized spacial score (nSPS) is 11.8. The molecular weight excluding hydrogens is 524 g/mol. The van der Waals surface area contributed by atoms with Gasteiger partial charge in [0.2, 0.25) is 5.52 Å². The Balaban J connectivity index is 2.15. The van der Waals surface area contributed by atoms with E-state index in [4.69, 9.17) is 62.7 Å². The first-order chi connectivity index (χ1) is 14.7. The Labute approximate surface area is 203 Å². The van der Waals surface area contributed by atoms with Crippen LogP contribution in [0.1, 0.15) is 26.3 Å². The fraction of sp³-hybridized carbons (Fsp3) is 0.0476. The number of halogens is 5. The van der Waals surface area contributed by atoms with Crippen molar-refractivity contribution >= 4 is 82.4 Å². The van der Waals surface area contributed by atoms with Gasteiger partial charge < -0.3 is 9.30 Å². The molecule has 0 aliphatic rings. The van der Waals surface area contributed by atoms with Crippen LogP contribution in [-0.4, -0.2) is 18.4 Å². The quantitative estimate of drug-likeness (QED) is 0.190. The molecule has 0 bridgehead atoms. The Morgan fingerprint density at radius 2 is 1.35 bits per heavy atom. The van der Waals surface area contributed by atoms with E-state index >= 15 is 0 Å². The number of methoxy groups -OCH3 is 1. The van der Waals surface area contributed by atoms with Crippen molar-refractivity contribution in [1.29, 1.82) is 0 Å². The van der Waals surface area contributed by atoms with Crippen LogP contribution < -0.4 is 10.0 Å². The zero-order valence-corrected chi connectivity index (χ0v) is 20.4. The maximum atomic E-state index is 13.2. The first kappa shape index (κ1) is 24.1. The number of rotatable bonds is 6. The highest BCUT2D eigenvalue weighted by Gasteiger charge is 2.32. The third kappa shape index (κ3) is 4.52. The van der Waals surface area contributed by atoms with Gasteiger partial charge in [-0.25, -0.2) is 0 Å². The molecule has 0 N–H and O–H groups in total. The van der Waals surface area contributed by atoms with Gasteiger partial charge in [0.15, 0.2) is 13.6 Å². The van der Waals surface area contributed by atoms with Crippen molar-refractivity contribution in [2.75, 3.05) is 7.11 Å². The summed E-state index contributed by atoms with van der Waals surface area (Å²) >= 11 is 31.4. The summed E-state index contributed by atoms with van der Waals surface area (Å²) in [7, 11) is -2.01. The van der Waals surface area contributed by atoms with E-state index in [0.717, 1.165) is 0 Å². The van der Waals surface area contributed by atoms with Crippen LogP contribution in [0.4, 0.5) is 0 Å². The highest BCUT2D eigenvalue weighted by atomic mass is 35.5. The summed E-state index contributed by atoms with van der Waals surface area (Å²) in [5.41, 5.74) is -0.772. The summed E-state index contributed by atoms with van der Waals surface area (Å²) in [6.45, 7) is 0. The lowest BCUT2D eigenvalue weighted by molar-refractivity contribution is 0.103. The van der Waals surface area contributed by atoms with Crippen LogP contribution in [0, 0.1) is 0 Å². The Morgan fingerprint density at radius 3 is 1.90 bits per heavy atom. The van der Waals surface area contributed by atoms with Crippen molar-refractivity contribution in [3.8, 4) is 5.75 Å². The average Bonchev–Trinajstić information content (AvgIpc) is 2.77. The zero-order valence-electron chi connectivity index (χ0n) is 15.6. The minimum atomic E-state index is -3.36. The molecule has 0 saturated heterocycles. The maximum absolute atomic E-state index is 13.2. The van der Waals surface area contributed by atoms with Gasteiger partial charge in [-0.3, -0.25) is 9.59 Å². The fourth-order valence-electron chi connectivity index (χ4n) is 2.89. The molecule has 0 fully saturated rings. The molecule has 0 aromatic heterocycles. The van der Waals surface area contributed by atoms with Crippen LogP contribution in [0.3, 0.4) is 0 Å². The fourth-order valence-corrected chi connectivity index (χ4v) is 6.28. The summed E-state index contributed by atoms with van der Waals surface area (Å²) in [5.74, 6) is -0.388. The van der Waals surface area contributed by atoms with E-state index in [1.54, 1.807) is 36.4 Å². The number of hydrogen-bond donors (Lipinski definition) is 0. The molecule has 31 heavy (non-hydrogen) atoms. The van der Waals surface area contributed by atoms with Gasteiger partial charge in [-0.15, -0.1) is 0 Å². The van der Waals surface area contributed by atoms with E-state index in [0.29, 0.717) is 5.56 Å². The number of benzene rings is 3. The number of carbonyl (C=O) groups is 2. The summed E-state index contributed by atoms with van der Waals surface area (Å²) in [6.07, 6.45) is 0. The van der Waals surface area contributed by atoms with Crippen molar-refractivity contribution in [2.45, 2.75) is 0 Å². The molecule has 1 unspecified atom stereocenters. The average molecular weight is 537 g/mol. The summed E-state index contributed by atoms with van der Waals surface area (Å²) in [6, 6.07) is 12.7. The Kier molecular flexibility index (Phi) is 7.75. The van der Waals surface area contributed by atoms with Crippen molar-refractivity contribution in [3.63, 3.8) is 0 Å². The molecule has 10 heteroatoms. The van der Waals surface area contributed by atoms with Gasteiger partial charge in [0, 0.05) is 5.56 Å². The molecule has 3 rings (SSSR count). The number of carbonyl (C=O) groups excluding carboxylic acids is 2. The van der Waals surface area contributed by atoms with Gasteiger partial charge >= 0.3 is 0 Å². The molecule has 1 atom stereocenters. The summed E-state index contributed by atoms with van der Waals surface area (Å²) in [5, 5.41) is -1.30. The van der Waals surface area contributed by atoms with E-state index in [9.17, 15) is 14.2 Å². The van der Waals surface area contributed by atoms with E-state index in [-0.39, 0.29) is 47.3 Å². The Bertz CT molecular complexity index is 1200. The summed E-state index contributed by atoms with van der Waals surface area (Å²) < 4.78 is 18.4. The molecule has 0 heterocycles. The van der Waals surface area contributed by atoms with Crippen molar-refractivity contribution in [3.05, 3.63) is 90.3 Å². The molecule has 0 aliphatic heterocycles. The van der Waals surface area contributed by atoms with Gasteiger partial charge in [0.25, 0.3) is 0 Å². The molecule has 4 nitrogen and oxygen atoms in total. The maximum Gasteiger partial charge on any atom is 0.228 e. The number of ether oxygens (including phenoxy) is 1. The summed E-state index contributed by atoms with van der Waals surface area (Å²) in [4.78, 5) is 25.9. The smallest absolute Gasteiger partial charge is 0.228 e. The van der Waals surface area contributed by atoms with Crippen molar-refractivity contribution in [1.82, 2.24) is 0 Å². The molecule has 3 aromatic carbocycles. The molecule has 0 spiro atoms. The van der Waals surface area contributed by atoms with Gasteiger partial charge in [-0.2, -0.15) is 0 Å². The highest BCUT2D eigenvalue weighted by molar-refractivity contribution is 7.72. The lowest BCUT2D eigenvalue weighted by Crippen LogP contribution is -2.13. The van der Waals surface area contributed by atoms with E-state index in [2.05, 4.69) is 0 Å². The third-order valence-electron chi connectivity index (χ3n) is 4.38. The molecule has 0 aliphatic carbocycles. The van der Waals surface area contributed by atoms with E-state index in [1.807, 2.05) is 0 Å². The third-order valence-corrected chi connectivity index (χ3v) is 8.34. The minimum Gasteiger partial charge on any atom is -0.496 e. The molecular formula is C21H12Cl5O4P. The lowest BCUT2D eigenvalue weighted by Gasteiger charge is -2.16. The Hall–Kier alpha value is -1.52. The first-order valence-electron chi connectivity index (χ1n) is 8.57. The molecule has 160 valence electrons. The lowest BCUT2D eigenvalue weighted by atomic mass is 10.0. The SMILES string of the molecule is COc1cccc(Cl)c1C(=O)[PH](=O)c1c(Cl)c(Cl)c(C(=O)c2ccccc2)c(Cl)c1Cl. The van der Waals surface area contributed by atoms with Gasteiger partial charge in [-0.1, -0.05) is 94.4 Å². The van der Waals surface area contributed by atoms with Crippen LogP contribution in [0.5, 0.6) is 5.75 Å². The van der Waals surface area contributed by atoms with Gasteiger partial charge in [0.1, 0.15) is 5.75 Å². The minimum absolute atomic E-state index is 0.0445. The molecule has 0 saturated carbocycles. The molecule has 3 aromatic rings. The zero-order chi connectivity index (χ0) is 22.9. The molecule has 0 radical (unpaired) electrons. The van der Waals surface area contributed by atoms with Crippen LogP contribution in [0.25, 0.3) is 0 Å². The van der Waals surface area contributed by atoms with Crippen molar-refractivity contribution < 1.29 is 18.9 Å². The standard InChI is InChI=1S/C21H12Cl5O4P/c1-30-12-9-5-8-11(22)13(12)21(28)31(29)20-17(25)15(23)14(16(24)18(20)26)19(27)10-6-3-2-4-7-10/h2-9,31H,1H3. The van der Waals surface area contributed by atoms with Gasteiger partial charge in [0.05, 0.1) is 48.7 Å². The second-order valence-electron chi connectivity index (χ2n) is 6.18. The van der Waals surface area contributed by atoms with Crippen LogP contribution in [0.15, 0.2) is 48.5 Å². The monoisotopic (exact) mass is 534 g/mol. The predicted octanol–water partition coefficient (Wildman–Crippen LogP) is 7.22. The molecule has 0 amide bonds. The van der Waals surface area contributed by atoms with Crippen LogP contribution >= 0.6 is 65.8 Å². The highest BCUT2D eigenvalue weighted by Crippen LogP contribution is 2.44. The van der Waals surface area contributed by atoms with E-state index in [1.165, 1.54) is 19.2 Å². The predicted molar refractivity (Wildman–Crippen MR) is 127 cm³/mol.